The molecule has 0 aliphatic rings. The van der Waals surface area contributed by atoms with Crippen LogP contribution >= 0.6 is 0 Å². The Morgan fingerprint density at radius 2 is 1.90 bits per heavy atom. The fourth-order valence-electron chi connectivity index (χ4n) is 1.73. The molecule has 0 aliphatic carbocycles. The predicted molar refractivity (Wildman–Crippen MR) is 83.9 cm³/mol. The fourth-order valence-corrected chi connectivity index (χ4v) is 1.73. The lowest BCUT2D eigenvalue weighted by atomic mass is 10.2. The van der Waals surface area contributed by atoms with Crippen LogP contribution in [0.3, 0.4) is 0 Å². The standard InChI is InChI=1S/C15H25N3O3/c1-16-15(17-8-9-21-11-10-19-2)18-12-13-6-4-5-7-14(13)20-3/h4-7H,8-12H2,1-3H3,(H2,16,17,18). The zero-order valence-electron chi connectivity index (χ0n) is 13.0. The van der Waals surface area contributed by atoms with Gasteiger partial charge in [0.25, 0.3) is 0 Å². The molecule has 6 heteroatoms. The van der Waals surface area contributed by atoms with Crippen LogP contribution in [0.15, 0.2) is 29.3 Å². The van der Waals surface area contributed by atoms with E-state index in [1.807, 2.05) is 24.3 Å². The number of nitrogens with one attached hydrogen (secondary N) is 2. The van der Waals surface area contributed by atoms with Crippen LogP contribution in [0.5, 0.6) is 5.75 Å². The Hall–Kier alpha value is -1.79. The molecule has 0 spiro atoms. The number of rotatable bonds is 9. The zero-order chi connectivity index (χ0) is 15.3. The van der Waals surface area contributed by atoms with Crippen LogP contribution in [-0.2, 0) is 16.0 Å². The number of ether oxygens (including phenoxy) is 3. The normalized spacial score (nSPS) is 11.3. The summed E-state index contributed by atoms with van der Waals surface area (Å²) in [5.74, 6) is 1.60. The van der Waals surface area contributed by atoms with Gasteiger partial charge in [-0.05, 0) is 6.07 Å². The van der Waals surface area contributed by atoms with E-state index in [2.05, 4.69) is 15.6 Å². The lowest BCUT2D eigenvalue weighted by Gasteiger charge is -2.13. The number of hydrogen-bond donors (Lipinski definition) is 2. The molecule has 0 fully saturated rings. The molecule has 1 aromatic carbocycles. The van der Waals surface area contributed by atoms with Gasteiger partial charge in [-0.3, -0.25) is 4.99 Å². The van der Waals surface area contributed by atoms with E-state index in [-0.39, 0.29) is 0 Å². The highest BCUT2D eigenvalue weighted by molar-refractivity contribution is 5.79. The molecular formula is C15H25N3O3. The summed E-state index contributed by atoms with van der Waals surface area (Å²) in [5, 5.41) is 6.43. The summed E-state index contributed by atoms with van der Waals surface area (Å²) >= 11 is 0. The third-order valence-electron chi connectivity index (χ3n) is 2.83. The van der Waals surface area contributed by atoms with Crippen molar-refractivity contribution < 1.29 is 14.2 Å². The monoisotopic (exact) mass is 295 g/mol. The Kier molecular flexibility index (Phi) is 8.99. The average molecular weight is 295 g/mol. The summed E-state index contributed by atoms with van der Waals surface area (Å²) in [5.41, 5.74) is 1.08. The highest BCUT2D eigenvalue weighted by atomic mass is 16.5. The Morgan fingerprint density at radius 1 is 1.10 bits per heavy atom. The van der Waals surface area contributed by atoms with E-state index in [0.29, 0.717) is 32.9 Å². The van der Waals surface area contributed by atoms with Gasteiger partial charge in [-0.25, -0.2) is 0 Å². The second-order valence-electron chi connectivity index (χ2n) is 4.27. The summed E-state index contributed by atoms with van der Waals surface area (Å²) < 4.78 is 15.6. The van der Waals surface area contributed by atoms with Gasteiger partial charge in [0, 0.05) is 32.8 Å². The maximum absolute atomic E-state index is 5.38. The fraction of sp³-hybridized carbons (Fsp3) is 0.533. The molecule has 0 heterocycles. The van der Waals surface area contributed by atoms with Gasteiger partial charge in [-0.1, -0.05) is 18.2 Å². The van der Waals surface area contributed by atoms with Gasteiger partial charge in [0.2, 0.25) is 0 Å². The first-order valence-corrected chi connectivity index (χ1v) is 6.95. The predicted octanol–water partition coefficient (Wildman–Crippen LogP) is 1.02. The number of hydrogen-bond acceptors (Lipinski definition) is 4. The Balaban J connectivity index is 2.28. The molecule has 0 unspecified atom stereocenters. The van der Waals surface area contributed by atoms with Crippen LogP contribution in [-0.4, -0.2) is 53.6 Å². The average Bonchev–Trinajstić information content (AvgIpc) is 2.53. The first-order valence-electron chi connectivity index (χ1n) is 6.95. The number of guanidine groups is 1. The number of benzene rings is 1. The molecule has 0 bridgehead atoms. The molecule has 2 N–H and O–H groups in total. The number of nitrogens with zero attached hydrogens (tertiary/aromatic N) is 1. The maximum Gasteiger partial charge on any atom is 0.191 e. The molecule has 0 aliphatic heterocycles. The molecule has 0 aromatic heterocycles. The SMILES string of the molecule is CN=C(NCCOCCOC)NCc1ccccc1OC. The van der Waals surface area contributed by atoms with Gasteiger partial charge < -0.3 is 24.8 Å². The van der Waals surface area contributed by atoms with Crippen molar-refractivity contribution in [2.45, 2.75) is 6.54 Å². The zero-order valence-corrected chi connectivity index (χ0v) is 13.0. The third-order valence-corrected chi connectivity index (χ3v) is 2.83. The van der Waals surface area contributed by atoms with Gasteiger partial charge >= 0.3 is 0 Å². The first kappa shape index (κ1) is 17.3. The Bertz CT molecular complexity index is 424. The van der Waals surface area contributed by atoms with E-state index >= 15 is 0 Å². The first-order chi connectivity index (χ1) is 10.3. The molecular weight excluding hydrogens is 270 g/mol. The van der Waals surface area contributed by atoms with E-state index in [1.165, 1.54) is 0 Å². The van der Waals surface area contributed by atoms with Crippen LogP contribution in [0.1, 0.15) is 5.56 Å². The van der Waals surface area contributed by atoms with Crippen molar-refractivity contribution >= 4 is 5.96 Å². The number of aliphatic imine (C=N–C) groups is 1. The topological polar surface area (TPSA) is 64.1 Å². The van der Waals surface area contributed by atoms with Crippen LogP contribution in [0.4, 0.5) is 0 Å². The van der Waals surface area contributed by atoms with Crippen molar-refractivity contribution in [2.75, 3.05) is 47.6 Å². The largest absolute Gasteiger partial charge is 0.496 e. The molecule has 118 valence electrons. The molecule has 1 rings (SSSR count). The molecule has 6 nitrogen and oxygen atoms in total. The lowest BCUT2D eigenvalue weighted by Crippen LogP contribution is -2.38. The van der Waals surface area contributed by atoms with Gasteiger partial charge in [0.15, 0.2) is 5.96 Å². The Morgan fingerprint density at radius 3 is 2.62 bits per heavy atom. The van der Waals surface area contributed by atoms with Crippen LogP contribution in [0, 0.1) is 0 Å². The van der Waals surface area contributed by atoms with E-state index in [4.69, 9.17) is 14.2 Å². The quantitative estimate of drug-likeness (QED) is 0.405. The van der Waals surface area contributed by atoms with E-state index < -0.39 is 0 Å². The van der Waals surface area contributed by atoms with Crippen molar-refractivity contribution in [3.8, 4) is 5.75 Å². The van der Waals surface area contributed by atoms with Crippen LogP contribution in [0.25, 0.3) is 0 Å². The third kappa shape index (κ3) is 6.97. The molecule has 0 saturated heterocycles. The summed E-state index contributed by atoms with van der Waals surface area (Å²) in [6.07, 6.45) is 0. The minimum atomic E-state index is 0.603. The van der Waals surface area contributed by atoms with Gasteiger partial charge in [-0.2, -0.15) is 0 Å². The van der Waals surface area contributed by atoms with Crippen molar-refractivity contribution in [1.82, 2.24) is 10.6 Å². The summed E-state index contributed by atoms with van der Waals surface area (Å²) in [4.78, 5) is 4.17. The molecule has 0 atom stereocenters. The van der Waals surface area contributed by atoms with Gasteiger partial charge in [0.1, 0.15) is 5.75 Å². The summed E-state index contributed by atoms with van der Waals surface area (Å²) in [7, 11) is 5.07. The number of methoxy groups -OCH3 is 2. The molecule has 0 saturated carbocycles. The second kappa shape index (κ2) is 10.9. The minimum Gasteiger partial charge on any atom is -0.496 e. The molecule has 0 amide bonds. The smallest absolute Gasteiger partial charge is 0.191 e. The highest BCUT2D eigenvalue weighted by Gasteiger charge is 2.02. The lowest BCUT2D eigenvalue weighted by molar-refractivity contribution is 0.0733. The van der Waals surface area contributed by atoms with Gasteiger partial charge in [-0.15, -0.1) is 0 Å². The van der Waals surface area contributed by atoms with Crippen LogP contribution < -0.4 is 15.4 Å². The summed E-state index contributed by atoms with van der Waals surface area (Å²) in [6.45, 7) is 3.16. The van der Waals surface area contributed by atoms with Gasteiger partial charge in [0.05, 0.1) is 26.9 Å². The van der Waals surface area contributed by atoms with Crippen molar-refractivity contribution in [3.05, 3.63) is 29.8 Å². The van der Waals surface area contributed by atoms with E-state index in [0.717, 1.165) is 17.3 Å². The second-order valence-corrected chi connectivity index (χ2v) is 4.27. The molecule has 21 heavy (non-hydrogen) atoms. The van der Waals surface area contributed by atoms with E-state index in [9.17, 15) is 0 Å². The van der Waals surface area contributed by atoms with Crippen molar-refractivity contribution in [3.63, 3.8) is 0 Å². The number of para-hydroxylation sites is 1. The molecule has 0 radical (unpaired) electrons. The molecule has 1 aromatic rings. The van der Waals surface area contributed by atoms with Crippen LogP contribution in [0.2, 0.25) is 0 Å². The van der Waals surface area contributed by atoms with Crippen molar-refractivity contribution in [2.24, 2.45) is 4.99 Å². The highest BCUT2D eigenvalue weighted by Crippen LogP contribution is 2.16. The Labute approximate surface area is 126 Å². The van der Waals surface area contributed by atoms with E-state index in [1.54, 1.807) is 21.3 Å². The van der Waals surface area contributed by atoms with Crippen molar-refractivity contribution in [1.29, 1.82) is 0 Å². The minimum absolute atomic E-state index is 0.603. The maximum atomic E-state index is 5.38. The summed E-state index contributed by atoms with van der Waals surface area (Å²) in [6, 6.07) is 7.90.